The average molecular weight is 363 g/mol. The quantitative estimate of drug-likeness (QED) is 0.837. The smallest absolute Gasteiger partial charge is 0.198 e. The molecule has 0 amide bonds. The van der Waals surface area contributed by atoms with Gasteiger partial charge in [0.15, 0.2) is 21.8 Å². The van der Waals surface area contributed by atoms with Crippen LogP contribution in [0.4, 0.5) is 8.78 Å². The van der Waals surface area contributed by atoms with Crippen molar-refractivity contribution in [3.63, 3.8) is 0 Å². The van der Waals surface area contributed by atoms with Crippen molar-refractivity contribution in [2.45, 2.75) is 17.5 Å². The van der Waals surface area contributed by atoms with E-state index in [4.69, 9.17) is 10.00 Å². The number of hydrogen-bond acceptors (Lipinski definition) is 5. The maximum Gasteiger partial charge on any atom is 0.198 e. The van der Waals surface area contributed by atoms with Crippen LogP contribution in [0.15, 0.2) is 35.2 Å². The van der Waals surface area contributed by atoms with Gasteiger partial charge in [-0.05, 0) is 24.3 Å². The summed E-state index contributed by atoms with van der Waals surface area (Å²) < 4.78 is 56.6. The fourth-order valence-corrected chi connectivity index (χ4v) is 3.64. The Bertz CT molecular complexity index is 1040. The summed E-state index contributed by atoms with van der Waals surface area (Å²) in [6.07, 6.45) is -1.26. The van der Waals surface area contributed by atoms with Gasteiger partial charge in [-0.3, -0.25) is 4.79 Å². The fraction of sp³-hybridized carbons (Fsp3) is 0.176. The topological polar surface area (TPSA) is 84.2 Å². The molecular weight excluding hydrogens is 352 g/mol. The van der Waals surface area contributed by atoms with E-state index in [1.54, 1.807) is 6.07 Å². The van der Waals surface area contributed by atoms with Crippen LogP contribution in [0.3, 0.4) is 0 Å². The number of carbonyl (C=O) groups is 1. The molecule has 25 heavy (non-hydrogen) atoms. The predicted molar refractivity (Wildman–Crippen MR) is 83.7 cm³/mol. The van der Waals surface area contributed by atoms with E-state index in [1.165, 1.54) is 12.1 Å². The SMILES string of the molecule is CS(=O)(=O)c1ccc(Oc2cc(F)cc(C#N)c2)c2c1C(=O)C(F)C2. The van der Waals surface area contributed by atoms with Gasteiger partial charge in [0.05, 0.1) is 16.5 Å². The number of nitrogens with zero attached hydrogens (tertiary/aromatic N) is 1. The number of benzene rings is 2. The zero-order valence-corrected chi connectivity index (χ0v) is 13.7. The highest BCUT2D eigenvalue weighted by Gasteiger charge is 2.37. The average Bonchev–Trinajstić information content (AvgIpc) is 2.82. The van der Waals surface area contributed by atoms with Crippen molar-refractivity contribution in [1.82, 2.24) is 0 Å². The van der Waals surface area contributed by atoms with E-state index in [0.717, 1.165) is 24.5 Å². The maximum atomic E-state index is 13.9. The number of sulfone groups is 1. The lowest BCUT2D eigenvalue weighted by Gasteiger charge is -2.12. The number of halogens is 2. The third-order valence-electron chi connectivity index (χ3n) is 3.77. The molecule has 0 heterocycles. The monoisotopic (exact) mass is 363 g/mol. The van der Waals surface area contributed by atoms with Gasteiger partial charge in [-0.1, -0.05) is 0 Å². The molecule has 1 aliphatic carbocycles. The first kappa shape index (κ1) is 17.0. The van der Waals surface area contributed by atoms with Crippen LogP contribution in [-0.4, -0.2) is 26.6 Å². The number of rotatable bonds is 3. The summed E-state index contributed by atoms with van der Waals surface area (Å²) in [4.78, 5) is 11.8. The lowest BCUT2D eigenvalue weighted by Crippen LogP contribution is -2.12. The number of alkyl halides is 1. The van der Waals surface area contributed by atoms with Crippen LogP contribution in [0.5, 0.6) is 11.5 Å². The zero-order valence-electron chi connectivity index (χ0n) is 12.9. The Kier molecular flexibility index (Phi) is 4.05. The summed E-state index contributed by atoms with van der Waals surface area (Å²) in [5.74, 6) is -1.58. The zero-order chi connectivity index (χ0) is 18.4. The Hall–Kier alpha value is -2.79. The molecule has 3 rings (SSSR count). The molecule has 128 valence electrons. The van der Waals surface area contributed by atoms with E-state index in [-0.39, 0.29) is 39.5 Å². The Balaban J connectivity index is 2.13. The van der Waals surface area contributed by atoms with Gasteiger partial charge in [-0.25, -0.2) is 17.2 Å². The predicted octanol–water partition coefficient (Wildman–Crippen LogP) is 2.97. The molecule has 0 saturated heterocycles. The second kappa shape index (κ2) is 5.93. The van der Waals surface area contributed by atoms with Crippen LogP contribution in [0.25, 0.3) is 0 Å². The van der Waals surface area contributed by atoms with E-state index in [0.29, 0.717) is 0 Å². The van der Waals surface area contributed by atoms with Crippen molar-refractivity contribution in [3.8, 4) is 17.6 Å². The van der Waals surface area contributed by atoms with Crippen molar-refractivity contribution in [1.29, 1.82) is 5.26 Å². The normalized spacial score (nSPS) is 16.4. The highest BCUT2D eigenvalue weighted by atomic mass is 32.2. The molecule has 0 aromatic heterocycles. The minimum atomic E-state index is -3.74. The Morgan fingerprint density at radius 3 is 2.64 bits per heavy atom. The summed E-state index contributed by atoms with van der Waals surface area (Å²) in [6, 6.07) is 7.55. The molecular formula is C17H11F2NO4S. The minimum Gasteiger partial charge on any atom is -0.457 e. The molecule has 0 aliphatic heterocycles. The highest BCUT2D eigenvalue weighted by Crippen LogP contribution is 2.38. The van der Waals surface area contributed by atoms with Crippen LogP contribution in [0.1, 0.15) is 21.5 Å². The highest BCUT2D eigenvalue weighted by molar-refractivity contribution is 7.90. The number of fused-ring (bicyclic) bond motifs is 1. The number of hydrogen-bond donors (Lipinski definition) is 0. The van der Waals surface area contributed by atoms with Gasteiger partial charge in [0.1, 0.15) is 17.3 Å². The van der Waals surface area contributed by atoms with Crippen molar-refractivity contribution >= 4 is 15.6 Å². The third kappa shape index (κ3) is 3.10. The van der Waals surface area contributed by atoms with Gasteiger partial charge >= 0.3 is 0 Å². The molecule has 0 spiro atoms. The minimum absolute atomic E-state index is 0.0133. The first-order valence-electron chi connectivity index (χ1n) is 7.13. The summed E-state index contributed by atoms with van der Waals surface area (Å²) >= 11 is 0. The van der Waals surface area contributed by atoms with E-state index >= 15 is 0 Å². The lowest BCUT2D eigenvalue weighted by atomic mass is 10.1. The van der Waals surface area contributed by atoms with Gasteiger partial charge in [0.2, 0.25) is 0 Å². The molecule has 1 unspecified atom stereocenters. The number of ketones is 1. The molecule has 0 bridgehead atoms. The fourth-order valence-electron chi connectivity index (χ4n) is 2.73. The summed E-state index contributed by atoms with van der Waals surface area (Å²) in [7, 11) is -3.74. The van der Waals surface area contributed by atoms with E-state index in [1.807, 2.05) is 0 Å². The standard InChI is InChI=1S/C17H11F2NO4S/c1-25(22,23)15-3-2-14(12-7-13(19)17(21)16(12)15)24-11-5-9(8-20)4-10(18)6-11/h2-6,13H,7H2,1H3. The Morgan fingerprint density at radius 2 is 2.00 bits per heavy atom. The first-order chi connectivity index (χ1) is 11.7. The van der Waals surface area contributed by atoms with Crippen LogP contribution < -0.4 is 4.74 Å². The molecule has 1 atom stereocenters. The van der Waals surface area contributed by atoms with Gasteiger partial charge in [0, 0.05) is 29.9 Å². The van der Waals surface area contributed by atoms with E-state index in [9.17, 15) is 22.0 Å². The van der Waals surface area contributed by atoms with Crippen molar-refractivity contribution < 1.29 is 26.7 Å². The summed E-state index contributed by atoms with van der Waals surface area (Å²) in [6.45, 7) is 0. The van der Waals surface area contributed by atoms with Gasteiger partial charge in [-0.15, -0.1) is 0 Å². The molecule has 0 fully saturated rings. The number of nitriles is 1. The molecule has 0 radical (unpaired) electrons. The second-order valence-corrected chi connectivity index (χ2v) is 7.60. The number of carbonyl (C=O) groups excluding carboxylic acids is 1. The van der Waals surface area contributed by atoms with E-state index in [2.05, 4.69) is 0 Å². The number of ether oxygens (including phenoxy) is 1. The maximum absolute atomic E-state index is 13.9. The van der Waals surface area contributed by atoms with E-state index < -0.39 is 27.6 Å². The van der Waals surface area contributed by atoms with Gasteiger partial charge in [0.25, 0.3) is 0 Å². The Morgan fingerprint density at radius 1 is 1.28 bits per heavy atom. The number of Topliss-reactive ketones (excluding diaryl/α,β-unsaturated/α-hetero) is 1. The molecule has 2 aromatic carbocycles. The van der Waals surface area contributed by atoms with Gasteiger partial charge in [-0.2, -0.15) is 5.26 Å². The molecule has 2 aromatic rings. The van der Waals surface area contributed by atoms with Crippen molar-refractivity contribution in [2.75, 3.05) is 6.26 Å². The van der Waals surface area contributed by atoms with Crippen molar-refractivity contribution in [2.24, 2.45) is 0 Å². The largest absolute Gasteiger partial charge is 0.457 e. The van der Waals surface area contributed by atoms with Crippen LogP contribution >= 0.6 is 0 Å². The summed E-state index contributed by atoms with van der Waals surface area (Å²) in [5, 5.41) is 8.87. The Labute approximate surface area is 142 Å². The summed E-state index contributed by atoms with van der Waals surface area (Å²) in [5.41, 5.74) is -0.0913. The molecule has 0 N–H and O–H groups in total. The van der Waals surface area contributed by atoms with Crippen molar-refractivity contribution in [3.05, 3.63) is 52.8 Å². The molecule has 0 saturated carbocycles. The lowest BCUT2D eigenvalue weighted by molar-refractivity contribution is 0.0896. The third-order valence-corrected chi connectivity index (χ3v) is 4.91. The second-order valence-electron chi connectivity index (χ2n) is 5.61. The van der Waals surface area contributed by atoms with Gasteiger partial charge < -0.3 is 4.74 Å². The van der Waals surface area contributed by atoms with Crippen LogP contribution in [-0.2, 0) is 16.3 Å². The molecule has 1 aliphatic rings. The molecule has 8 heteroatoms. The van der Waals surface area contributed by atoms with Crippen LogP contribution in [0.2, 0.25) is 0 Å². The first-order valence-corrected chi connectivity index (χ1v) is 9.02. The molecule has 5 nitrogen and oxygen atoms in total. The van der Waals surface area contributed by atoms with Crippen LogP contribution in [0, 0.1) is 17.1 Å².